The SMILES string of the molecule is CC(C)=CC(=O)ONc1ccn([C@@H]2O[C@H](CO)[C@H]3OC(=O)O[C@H]32)c(=O)n1. The van der Waals surface area contributed by atoms with Crippen molar-refractivity contribution in [2.45, 2.75) is 38.4 Å². The van der Waals surface area contributed by atoms with Crippen LogP contribution in [0.4, 0.5) is 10.6 Å². The Balaban J connectivity index is 1.74. The second-order valence-corrected chi connectivity index (χ2v) is 5.91. The highest BCUT2D eigenvalue weighted by Crippen LogP contribution is 2.36. The Bertz CT molecular complexity index is 800. The van der Waals surface area contributed by atoms with Crippen molar-refractivity contribution >= 4 is 17.9 Å². The van der Waals surface area contributed by atoms with E-state index in [2.05, 4.69) is 10.5 Å². The fraction of sp³-hybridized carbons (Fsp3) is 0.467. The van der Waals surface area contributed by atoms with Crippen LogP contribution in [0.15, 0.2) is 28.7 Å². The Morgan fingerprint density at radius 2 is 2.12 bits per heavy atom. The molecule has 0 aromatic carbocycles. The van der Waals surface area contributed by atoms with Crippen LogP contribution in [0, 0.1) is 0 Å². The molecule has 2 aliphatic heterocycles. The number of nitrogens with zero attached hydrogens (tertiary/aromatic N) is 2. The van der Waals surface area contributed by atoms with Gasteiger partial charge in [0, 0.05) is 18.3 Å². The van der Waals surface area contributed by atoms with Crippen molar-refractivity contribution in [1.29, 1.82) is 0 Å². The molecule has 0 unspecified atom stereocenters. The van der Waals surface area contributed by atoms with E-state index < -0.39 is 49.0 Å². The van der Waals surface area contributed by atoms with E-state index in [1.807, 2.05) is 0 Å². The molecule has 1 aromatic rings. The molecule has 3 rings (SSSR count). The van der Waals surface area contributed by atoms with Gasteiger partial charge in [-0.2, -0.15) is 10.5 Å². The largest absolute Gasteiger partial charge is 0.509 e. The van der Waals surface area contributed by atoms with E-state index in [-0.39, 0.29) is 5.82 Å². The lowest BCUT2D eigenvalue weighted by molar-refractivity contribution is -0.135. The van der Waals surface area contributed by atoms with Crippen LogP contribution in [0.5, 0.6) is 0 Å². The zero-order valence-corrected chi connectivity index (χ0v) is 13.9. The second-order valence-electron chi connectivity index (χ2n) is 5.91. The number of ether oxygens (including phenoxy) is 3. The highest BCUT2D eigenvalue weighted by molar-refractivity contribution is 5.83. The third-order valence-corrected chi connectivity index (χ3v) is 3.70. The Kier molecular flexibility index (Phi) is 4.91. The predicted molar refractivity (Wildman–Crippen MR) is 83.8 cm³/mol. The number of carbonyl (C=O) groups excluding carboxylic acids is 2. The molecule has 0 bridgehead atoms. The van der Waals surface area contributed by atoms with Gasteiger partial charge in [-0.25, -0.2) is 14.4 Å². The fourth-order valence-electron chi connectivity index (χ4n) is 2.63. The molecule has 1 aromatic heterocycles. The van der Waals surface area contributed by atoms with Crippen molar-refractivity contribution in [3.63, 3.8) is 0 Å². The molecular formula is C15H17N3O8. The van der Waals surface area contributed by atoms with E-state index in [4.69, 9.17) is 19.0 Å². The average molecular weight is 367 g/mol. The summed E-state index contributed by atoms with van der Waals surface area (Å²) in [5.74, 6) is -0.631. The van der Waals surface area contributed by atoms with Gasteiger partial charge in [-0.1, -0.05) is 5.57 Å². The number of rotatable bonds is 5. The average Bonchev–Trinajstić information content (AvgIpc) is 3.10. The third-order valence-electron chi connectivity index (χ3n) is 3.70. The number of fused-ring (bicyclic) bond motifs is 1. The van der Waals surface area contributed by atoms with Crippen LogP contribution in [0.3, 0.4) is 0 Å². The first kappa shape index (κ1) is 17.9. The summed E-state index contributed by atoms with van der Waals surface area (Å²) in [7, 11) is 0. The minimum Gasteiger partial charge on any atom is -0.424 e. The van der Waals surface area contributed by atoms with Gasteiger partial charge in [0.25, 0.3) is 0 Å². The van der Waals surface area contributed by atoms with Crippen LogP contribution in [-0.2, 0) is 23.8 Å². The number of hydrogen-bond acceptors (Lipinski definition) is 10. The van der Waals surface area contributed by atoms with Crippen LogP contribution < -0.4 is 11.2 Å². The lowest BCUT2D eigenvalue weighted by atomic mass is 10.1. The van der Waals surface area contributed by atoms with Gasteiger partial charge in [0.1, 0.15) is 6.10 Å². The van der Waals surface area contributed by atoms with Gasteiger partial charge in [-0.05, 0) is 13.8 Å². The maximum absolute atomic E-state index is 12.3. The van der Waals surface area contributed by atoms with Crippen LogP contribution in [-0.4, -0.2) is 51.7 Å². The van der Waals surface area contributed by atoms with Gasteiger partial charge in [-0.15, -0.1) is 0 Å². The number of allylic oxidation sites excluding steroid dienone is 1. The second kappa shape index (κ2) is 7.14. The summed E-state index contributed by atoms with van der Waals surface area (Å²) in [5, 5.41) is 9.32. The molecule has 140 valence electrons. The molecule has 0 saturated carbocycles. The lowest BCUT2D eigenvalue weighted by Gasteiger charge is -2.17. The molecule has 2 fully saturated rings. The van der Waals surface area contributed by atoms with E-state index in [1.54, 1.807) is 13.8 Å². The summed E-state index contributed by atoms with van der Waals surface area (Å²) in [6, 6.07) is 1.37. The normalized spacial score (nSPS) is 26.5. The molecule has 2 N–H and O–H groups in total. The summed E-state index contributed by atoms with van der Waals surface area (Å²) in [6.07, 6.45) is -1.79. The van der Waals surface area contributed by atoms with Crippen molar-refractivity contribution in [2.75, 3.05) is 12.1 Å². The minimum atomic E-state index is -0.995. The maximum Gasteiger partial charge on any atom is 0.509 e. The van der Waals surface area contributed by atoms with Gasteiger partial charge in [-0.3, -0.25) is 4.57 Å². The fourth-order valence-corrected chi connectivity index (χ4v) is 2.63. The molecule has 2 aliphatic rings. The summed E-state index contributed by atoms with van der Waals surface area (Å²) >= 11 is 0. The zero-order chi connectivity index (χ0) is 18.8. The molecule has 0 amide bonds. The first-order valence-electron chi connectivity index (χ1n) is 7.73. The number of aromatic nitrogens is 2. The summed E-state index contributed by atoms with van der Waals surface area (Å²) in [5.41, 5.74) is 2.28. The maximum atomic E-state index is 12.3. The minimum absolute atomic E-state index is 0.00896. The van der Waals surface area contributed by atoms with E-state index in [0.717, 1.165) is 10.1 Å². The highest BCUT2D eigenvalue weighted by Gasteiger charge is 2.55. The highest BCUT2D eigenvalue weighted by atomic mass is 16.8. The van der Waals surface area contributed by atoms with Gasteiger partial charge in [0.05, 0.1) is 6.61 Å². The molecule has 26 heavy (non-hydrogen) atoms. The quantitative estimate of drug-likeness (QED) is 0.411. The van der Waals surface area contributed by atoms with E-state index in [1.165, 1.54) is 18.3 Å². The number of hydrogen-bond donors (Lipinski definition) is 2. The van der Waals surface area contributed by atoms with E-state index in [0.29, 0.717) is 0 Å². The molecule has 0 spiro atoms. The smallest absolute Gasteiger partial charge is 0.424 e. The van der Waals surface area contributed by atoms with Crippen LogP contribution in [0.25, 0.3) is 0 Å². The molecule has 3 heterocycles. The zero-order valence-electron chi connectivity index (χ0n) is 13.9. The van der Waals surface area contributed by atoms with Crippen molar-refractivity contribution in [2.24, 2.45) is 0 Å². The summed E-state index contributed by atoms with van der Waals surface area (Å²) in [4.78, 5) is 43.5. The van der Waals surface area contributed by atoms with Gasteiger partial charge in [0.2, 0.25) is 0 Å². The Labute approximate surface area is 147 Å². The number of aliphatic hydroxyl groups is 1. The molecule has 2 saturated heterocycles. The Morgan fingerprint density at radius 1 is 1.38 bits per heavy atom. The molecule has 11 nitrogen and oxygen atoms in total. The third kappa shape index (κ3) is 3.53. The van der Waals surface area contributed by atoms with Crippen molar-refractivity contribution in [3.05, 3.63) is 34.4 Å². The van der Waals surface area contributed by atoms with Crippen LogP contribution in [0.2, 0.25) is 0 Å². The Hall–Kier alpha value is -2.92. The number of aliphatic hydroxyl groups excluding tert-OH is 1. The van der Waals surface area contributed by atoms with Gasteiger partial charge >= 0.3 is 17.8 Å². The molecule has 4 atom stereocenters. The Morgan fingerprint density at radius 3 is 2.77 bits per heavy atom. The monoisotopic (exact) mass is 367 g/mol. The first-order valence-corrected chi connectivity index (χ1v) is 7.73. The van der Waals surface area contributed by atoms with E-state index >= 15 is 0 Å². The molecular weight excluding hydrogens is 350 g/mol. The van der Waals surface area contributed by atoms with Gasteiger partial charge < -0.3 is 24.2 Å². The molecule has 11 heteroatoms. The first-order chi connectivity index (χ1) is 12.4. The summed E-state index contributed by atoms with van der Waals surface area (Å²) < 4.78 is 16.6. The summed E-state index contributed by atoms with van der Waals surface area (Å²) in [6.45, 7) is 3.06. The van der Waals surface area contributed by atoms with Gasteiger partial charge in [0.15, 0.2) is 24.3 Å². The lowest BCUT2D eigenvalue weighted by Crippen LogP contribution is -2.34. The number of anilines is 1. The predicted octanol–water partition coefficient (Wildman–Crippen LogP) is -0.127. The van der Waals surface area contributed by atoms with Crippen LogP contribution >= 0.6 is 0 Å². The topological polar surface area (TPSA) is 138 Å². The van der Waals surface area contributed by atoms with Crippen molar-refractivity contribution in [1.82, 2.24) is 9.55 Å². The van der Waals surface area contributed by atoms with E-state index in [9.17, 15) is 19.5 Å². The van der Waals surface area contributed by atoms with Crippen molar-refractivity contribution < 1.29 is 33.7 Å². The molecule has 0 aliphatic carbocycles. The number of nitrogens with one attached hydrogen (secondary N) is 1. The van der Waals surface area contributed by atoms with Crippen LogP contribution in [0.1, 0.15) is 20.1 Å². The van der Waals surface area contributed by atoms with Crippen molar-refractivity contribution in [3.8, 4) is 0 Å². The standard InChI is InChI=1S/C15H17N3O8/c1-7(2)5-10(20)26-17-9-3-4-18(14(21)16-9)13-12-11(8(6-19)23-13)24-15(22)25-12/h3-5,8,11-13,19H,6H2,1-2H3,(H,16,17,21)/t8-,11-,12-,13-/m1/s1. The molecule has 0 radical (unpaired) electrons. The number of carbonyl (C=O) groups is 2.